The number of aliphatic hydroxyl groups excluding tert-OH is 3. The van der Waals surface area contributed by atoms with Crippen LogP contribution in [0.5, 0.6) is 0 Å². The summed E-state index contributed by atoms with van der Waals surface area (Å²) in [6.07, 6.45) is -5.33. The van der Waals surface area contributed by atoms with Gasteiger partial charge in [-0.3, -0.25) is 4.79 Å². The van der Waals surface area contributed by atoms with Gasteiger partial charge in [0, 0.05) is 13.0 Å². The second kappa shape index (κ2) is 13.2. The Morgan fingerprint density at radius 1 is 1.35 bits per heavy atom. The molecule has 1 saturated heterocycles. The zero-order valence-corrected chi connectivity index (χ0v) is 11.7. The van der Waals surface area contributed by atoms with E-state index in [9.17, 15) is 13.6 Å². The van der Waals surface area contributed by atoms with Gasteiger partial charge in [-0.05, 0) is 6.42 Å². The lowest BCUT2D eigenvalue weighted by Gasteiger charge is -2.30. The summed E-state index contributed by atoms with van der Waals surface area (Å²) in [5.41, 5.74) is 0. The van der Waals surface area contributed by atoms with Gasteiger partial charge in [0.2, 0.25) is 6.43 Å². The van der Waals surface area contributed by atoms with E-state index >= 15 is 0 Å². The molecule has 1 fully saturated rings. The molecule has 0 bridgehead atoms. The smallest absolute Gasteiger partial charge is 0.303 e. The van der Waals surface area contributed by atoms with Crippen molar-refractivity contribution in [1.82, 2.24) is 0 Å². The molecule has 8 heteroatoms. The number of aliphatic carboxylic acids is 1. The third kappa shape index (κ3) is 11.0. The highest BCUT2D eigenvalue weighted by Crippen LogP contribution is 2.13. The maximum Gasteiger partial charge on any atom is 0.303 e. The van der Waals surface area contributed by atoms with Crippen LogP contribution in [-0.4, -0.2) is 64.3 Å². The first-order chi connectivity index (χ1) is 9.38. The van der Waals surface area contributed by atoms with Crippen molar-refractivity contribution in [2.75, 3.05) is 13.2 Å². The summed E-state index contributed by atoms with van der Waals surface area (Å²) < 4.78 is 27.2. The standard InChI is InChI=1S/C6H12O4.C4H6F2O2.C2H6/c7-3-5-6(9)4(8)1-2-10-5;5-3(6)1-2-4(7)8;1-2/h4-9H,1-3H2;3H,1-2H2,(H,7,8);1-2H3. The molecule has 0 aromatic rings. The second-order valence-electron chi connectivity index (χ2n) is 3.76. The summed E-state index contributed by atoms with van der Waals surface area (Å²) in [7, 11) is 0. The number of halogens is 2. The van der Waals surface area contributed by atoms with Crippen LogP contribution in [0.1, 0.15) is 33.1 Å². The maximum atomic E-state index is 11.1. The van der Waals surface area contributed by atoms with Gasteiger partial charge in [0.05, 0.1) is 19.1 Å². The molecule has 4 N–H and O–H groups in total. The maximum absolute atomic E-state index is 11.1. The van der Waals surface area contributed by atoms with Gasteiger partial charge in [0.1, 0.15) is 12.2 Å². The summed E-state index contributed by atoms with van der Waals surface area (Å²) in [6, 6.07) is 0. The predicted molar refractivity (Wildman–Crippen MR) is 67.7 cm³/mol. The van der Waals surface area contributed by atoms with Crippen LogP contribution >= 0.6 is 0 Å². The monoisotopic (exact) mass is 302 g/mol. The molecule has 3 unspecified atom stereocenters. The number of hydrogen-bond donors (Lipinski definition) is 4. The number of ether oxygens (including phenoxy) is 1. The largest absolute Gasteiger partial charge is 0.481 e. The lowest BCUT2D eigenvalue weighted by molar-refractivity contribution is -0.147. The second-order valence-corrected chi connectivity index (χ2v) is 3.76. The van der Waals surface area contributed by atoms with Crippen LogP contribution in [0.2, 0.25) is 0 Å². The van der Waals surface area contributed by atoms with Gasteiger partial charge in [-0.1, -0.05) is 13.8 Å². The number of hydrogen-bond acceptors (Lipinski definition) is 5. The first-order valence-electron chi connectivity index (χ1n) is 6.47. The minimum atomic E-state index is -2.49. The minimum absolute atomic E-state index is 0.238. The number of rotatable bonds is 4. The molecule has 1 rings (SSSR count). The number of carbonyl (C=O) groups is 1. The van der Waals surface area contributed by atoms with Gasteiger partial charge < -0.3 is 25.2 Å². The fourth-order valence-electron chi connectivity index (χ4n) is 1.25. The van der Waals surface area contributed by atoms with E-state index in [2.05, 4.69) is 0 Å². The van der Waals surface area contributed by atoms with Crippen molar-refractivity contribution in [2.24, 2.45) is 0 Å². The highest BCUT2D eigenvalue weighted by molar-refractivity contribution is 5.66. The van der Waals surface area contributed by atoms with E-state index in [-0.39, 0.29) is 6.61 Å². The van der Waals surface area contributed by atoms with Crippen molar-refractivity contribution < 1.29 is 38.7 Å². The Morgan fingerprint density at radius 2 is 1.90 bits per heavy atom. The topological polar surface area (TPSA) is 107 Å². The summed E-state index contributed by atoms with van der Waals surface area (Å²) in [4.78, 5) is 9.57. The van der Waals surface area contributed by atoms with Crippen molar-refractivity contribution in [2.45, 2.75) is 57.8 Å². The number of carboxylic acid groups (broad SMARTS) is 1. The average molecular weight is 302 g/mol. The average Bonchev–Trinajstić information content (AvgIpc) is 2.42. The zero-order chi connectivity index (χ0) is 16.1. The molecule has 0 aromatic heterocycles. The molecule has 0 spiro atoms. The van der Waals surface area contributed by atoms with Gasteiger partial charge >= 0.3 is 5.97 Å². The summed E-state index contributed by atoms with van der Waals surface area (Å²) in [5, 5.41) is 34.6. The van der Waals surface area contributed by atoms with Gasteiger partial charge in [-0.2, -0.15) is 0 Å². The van der Waals surface area contributed by atoms with Crippen molar-refractivity contribution in [1.29, 1.82) is 0 Å². The zero-order valence-electron chi connectivity index (χ0n) is 11.7. The fraction of sp³-hybridized carbons (Fsp3) is 0.917. The third-order valence-corrected chi connectivity index (χ3v) is 2.28. The lowest BCUT2D eigenvalue weighted by atomic mass is 10.0. The molecular weight excluding hydrogens is 278 g/mol. The van der Waals surface area contributed by atoms with Gasteiger partial charge in [-0.25, -0.2) is 8.78 Å². The van der Waals surface area contributed by atoms with Crippen LogP contribution in [0.4, 0.5) is 8.78 Å². The van der Waals surface area contributed by atoms with Gasteiger partial charge in [0.15, 0.2) is 0 Å². The van der Waals surface area contributed by atoms with Crippen LogP contribution in [0.3, 0.4) is 0 Å². The fourth-order valence-corrected chi connectivity index (χ4v) is 1.25. The van der Waals surface area contributed by atoms with Gasteiger partial charge in [0.25, 0.3) is 0 Å². The SMILES string of the molecule is CC.O=C(O)CCC(F)F.OCC1OCCC(O)C1O. The molecule has 0 aliphatic carbocycles. The Morgan fingerprint density at radius 3 is 2.20 bits per heavy atom. The molecule has 0 aromatic carbocycles. The van der Waals surface area contributed by atoms with Crippen LogP contribution in [0, 0.1) is 0 Å². The molecule has 1 heterocycles. The first kappa shape index (κ1) is 21.5. The highest BCUT2D eigenvalue weighted by atomic mass is 19.3. The molecule has 6 nitrogen and oxygen atoms in total. The van der Waals surface area contributed by atoms with Gasteiger partial charge in [-0.15, -0.1) is 0 Å². The molecule has 3 atom stereocenters. The van der Waals surface area contributed by atoms with E-state index in [1.54, 1.807) is 0 Å². The Labute approximate surface area is 117 Å². The minimum Gasteiger partial charge on any atom is -0.481 e. The van der Waals surface area contributed by atoms with Crippen molar-refractivity contribution in [3.8, 4) is 0 Å². The quantitative estimate of drug-likeness (QED) is 0.607. The highest BCUT2D eigenvalue weighted by Gasteiger charge is 2.30. The van der Waals surface area contributed by atoms with Crippen LogP contribution < -0.4 is 0 Å². The molecule has 0 saturated carbocycles. The van der Waals surface area contributed by atoms with Crippen LogP contribution in [0.25, 0.3) is 0 Å². The van der Waals surface area contributed by atoms with Crippen LogP contribution in [-0.2, 0) is 9.53 Å². The molecule has 0 amide bonds. The van der Waals surface area contributed by atoms with E-state index in [1.165, 1.54) is 0 Å². The summed E-state index contributed by atoms with van der Waals surface area (Å²) >= 11 is 0. The Bertz CT molecular complexity index is 240. The molecule has 20 heavy (non-hydrogen) atoms. The summed E-state index contributed by atoms with van der Waals surface area (Å²) in [6.45, 7) is 4.17. The predicted octanol–water partition coefficient (Wildman–Crippen LogP) is 0.632. The third-order valence-electron chi connectivity index (χ3n) is 2.28. The van der Waals surface area contributed by atoms with E-state index in [4.69, 9.17) is 25.2 Å². The van der Waals surface area contributed by atoms with Crippen molar-refractivity contribution in [3.05, 3.63) is 0 Å². The molecule has 0 radical (unpaired) electrons. The Hall–Kier alpha value is -0.830. The molecule has 122 valence electrons. The normalized spacial score (nSPS) is 25.1. The van der Waals surface area contributed by atoms with Crippen LogP contribution in [0.15, 0.2) is 0 Å². The molecular formula is C12H24F2O6. The lowest BCUT2D eigenvalue weighted by Crippen LogP contribution is -2.46. The Balaban J connectivity index is 0. The number of alkyl halides is 2. The number of carboxylic acids is 1. The van der Waals surface area contributed by atoms with E-state index in [0.29, 0.717) is 13.0 Å². The van der Waals surface area contributed by atoms with E-state index in [1.807, 2.05) is 13.8 Å². The van der Waals surface area contributed by atoms with E-state index in [0.717, 1.165) is 0 Å². The first-order valence-corrected chi connectivity index (χ1v) is 6.47. The van der Waals surface area contributed by atoms with Crippen molar-refractivity contribution in [3.63, 3.8) is 0 Å². The molecule has 1 aliphatic rings. The van der Waals surface area contributed by atoms with E-state index < -0.39 is 43.5 Å². The summed E-state index contributed by atoms with van der Waals surface area (Å²) in [5.74, 6) is -1.18. The number of aliphatic hydroxyl groups is 3. The Kier molecular flexibility index (Phi) is 14.1. The van der Waals surface area contributed by atoms with Crippen molar-refractivity contribution >= 4 is 5.97 Å². The molecule has 1 aliphatic heterocycles.